The van der Waals surface area contributed by atoms with E-state index in [2.05, 4.69) is 26.8 Å². The van der Waals surface area contributed by atoms with E-state index in [0.29, 0.717) is 22.9 Å². The number of aryl methyl sites for hydroxylation is 1. The average molecular weight is 446 g/mol. The van der Waals surface area contributed by atoms with Crippen LogP contribution in [-0.4, -0.2) is 25.4 Å². The first-order chi connectivity index (χ1) is 13.1. The molecule has 0 spiro atoms. The summed E-state index contributed by atoms with van der Waals surface area (Å²) in [6, 6.07) is 5.64. The summed E-state index contributed by atoms with van der Waals surface area (Å²) >= 11 is 5.05. The molecular formula is C21H20BrNO3S. The van der Waals surface area contributed by atoms with Gasteiger partial charge in [0, 0.05) is 21.1 Å². The standard InChI is InChI=1S/C21H20BrNO3S/c1-3-11-26-17-10-9-15(22)12-14(17)13-23-20-19(21(24)25-4-2)16-7-5-6-8-18(16)27-20/h1,9-10,12-13H,4-8,11H2,2H3. The van der Waals surface area contributed by atoms with Crippen LogP contribution in [0.4, 0.5) is 5.00 Å². The molecule has 27 heavy (non-hydrogen) atoms. The van der Waals surface area contributed by atoms with Gasteiger partial charge in [-0.2, -0.15) is 0 Å². The van der Waals surface area contributed by atoms with Crippen molar-refractivity contribution in [2.24, 2.45) is 4.99 Å². The summed E-state index contributed by atoms with van der Waals surface area (Å²) in [6.45, 7) is 2.35. The number of esters is 1. The molecule has 1 aromatic heterocycles. The Labute approximate surface area is 171 Å². The van der Waals surface area contributed by atoms with Crippen molar-refractivity contribution < 1.29 is 14.3 Å². The molecule has 2 aromatic rings. The van der Waals surface area contributed by atoms with Gasteiger partial charge in [0.05, 0.1) is 12.2 Å². The average Bonchev–Trinajstić information content (AvgIpc) is 3.04. The van der Waals surface area contributed by atoms with Gasteiger partial charge < -0.3 is 9.47 Å². The summed E-state index contributed by atoms with van der Waals surface area (Å²) in [7, 11) is 0. The lowest BCUT2D eigenvalue weighted by Gasteiger charge is -2.11. The summed E-state index contributed by atoms with van der Waals surface area (Å²) in [5.41, 5.74) is 2.52. The minimum atomic E-state index is -0.290. The number of fused-ring (bicyclic) bond motifs is 1. The van der Waals surface area contributed by atoms with Crippen molar-refractivity contribution in [1.82, 2.24) is 0 Å². The molecule has 0 amide bonds. The van der Waals surface area contributed by atoms with Crippen LogP contribution >= 0.6 is 27.3 Å². The van der Waals surface area contributed by atoms with E-state index in [0.717, 1.165) is 41.3 Å². The normalized spacial score (nSPS) is 13.2. The molecule has 0 fully saturated rings. The van der Waals surface area contributed by atoms with Crippen molar-refractivity contribution in [3.05, 3.63) is 44.2 Å². The number of thiophene rings is 1. The van der Waals surface area contributed by atoms with E-state index in [4.69, 9.17) is 15.9 Å². The van der Waals surface area contributed by atoms with Crippen LogP contribution in [0.25, 0.3) is 0 Å². The Morgan fingerprint density at radius 1 is 1.41 bits per heavy atom. The maximum Gasteiger partial charge on any atom is 0.341 e. The highest BCUT2D eigenvalue weighted by molar-refractivity contribution is 9.10. The number of carbonyl (C=O) groups excluding carboxylic acids is 1. The second-order valence-corrected chi connectivity index (χ2v) is 8.04. The molecule has 4 nitrogen and oxygen atoms in total. The van der Waals surface area contributed by atoms with E-state index in [-0.39, 0.29) is 12.6 Å². The first kappa shape index (κ1) is 19.7. The third kappa shape index (κ3) is 4.60. The van der Waals surface area contributed by atoms with Gasteiger partial charge in [0.15, 0.2) is 0 Å². The van der Waals surface area contributed by atoms with E-state index in [9.17, 15) is 4.79 Å². The number of ether oxygens (including phenoxy) is 2. The van der Waals surface area contributed by atoms with Crippen LogP contribution < -0.4 is 4.74 Å². The first-order valence-electron chi connectivity index (χ1n) is 8.85. The summed E-state index contributed by atoms with van der Waals surface area (Å²) < 4.78 is 11.8. The summed E-state index contributed by atoms with van der Waals surface area (Å²) in [4.78, 5) is 18.4. The van der Waals surface area contributed by atoms with Gasteiger partial charge in [-0.05, 0) is 56.4 Å². The highest BCUT2D eigenvalue weighted by Gasteiger charge is 2.26. The fourth-order valence-electron chi connectivity index (χ4n) is 3.06. The zero-order chi connectivity index (χ0) is 19.2. The number of hydrogen-bond donors (Lipinski definition) is 0. The fourth-order valence-corrected chi connectivity index (χ4v) is 4.66. The van der Waals surface area contributed by atoms with Gasteiger partial charge >= 0.3 is 5.97 Å². The van der Waals surface area contributed by atoms with E-state index < -0.39 is 0 Å². The minimum absolute atomic E-state index is 0.184. The molecule has 1 aromatic carbocycles. The smallest absolute Gasteiger partial charge is 0.341 e. The molecule has 140 valence electrons. The van der Waals surface area contributed by atoms with Crippen molar-refractivity contribution in [3.63, 3.8) is 0 Å². The van der Waals surface area contributed by atoms with Gasteiger partial charge in [-0.15, -0.1) is 17.8 Å². The van der Waals surface area contributed by atoms with Crippen molar-refractivity contribution in [2.45, 2.75) is 32.6 Å². The number of hydrogen-bond acceptors (Lipinski definition) is 5. The molecule has 1 heterocycles. The molecule has 0 atom stereocenters. The van der Waals surface area contributed by atoms with Crippen LogP contribution in [0.2, 0.25) is 0 Å². The van der Waals surface area contributed by atoms with Crippen molar-refractivity contribution in [2.75, 3.05) is 13.2 Å². The maximum absolute atomic E-state index is 12.5. The van der Waals surface area contributed by atoms with E-state index in [1.54, 1.807) is 17.6 Å². The van der Waals surface area contributed by atoms with Crippen molar-refractivity contribution >= 4 is 44.5 Å². The van der Waals surface area contributed by atoms with Gasteiger partial charge in [-0.3, -0.25) is 0 Å². The number of rotatable bonds is 6. The van der Waals surface area contributed by atoms with Crippen molar-refractivity contribution in [3.8, 4) is 18.1 Å². The van der Waals surface area contributed by atoms with Gasteiger partial charge in [0.25, 0.3) is 0 Å². The Hall–Kier alpha value is -2.10. The summed E-state index contributed by atoms with van der Waals surface area (Å²) in [5, 5.41) is 0.697. The molecule has 3 rings (SSSR count). The van der Waals surface area contributed by atoms with Gasteiger partial charge in [0.1, 0.15) is 17.4 Å². The molecule has 0 N–H and O–H groups in total. The topological polar surface area (TPSA) is 47.9 Å². The number of benzene rings is 1. The Balaban J connectivity index is 1.98. The third-order valence-electron chi connectivity index (χ3n) is 4.24. The predicted octanol–water partition coefficient (Wildman–Crippen LogP) is 5.33. The lowest BCUT2D eigenvalue weighted by atomic mass is 9.95. The number of aliphatic imine (C=N–C) groups is 1. The molecule has 0 aliphatic heterocycles. The van der Waals surface area contributed by atoms with Crippen LogP contribution in [-0.2, 0) is 17.6 Å². The molecule has 1 aliphatic carbocycles. The molecule has 0 radical (unpaired) electrons. The number of nitrogens with zero attached hydrogens (tertiary/aromatic N) is 1. The third-order valence-corrected chi connectivity index (χ3v) is 5.93. The summed E-state index contributed by atoms with van der Waals surface area (Å²) in [5.74, 6) is 2.83. The van der Waals surface area contributed by atoms with Crippen molar-refractivity contribution in [1.29, 1.82) is 0 Å². The lowest BCUT2D eigenvalue weighted by Crippen LogP contribution is -2.09. The molecule has 6 heteroatoms. The molecule has 0 unspecified atom stereocenters. The van der Waals surface area contributed by atoms with Crippen LogP contribution in [0.3, 0.4) is 0 Å². The molecule has 0 saturated carbocycles. The Morgan fingerprint density at radius 3 is 3.00 bits per heavy atom. The quantitative estimate of drug-likeness (QED) is 0.343. The Bertz CT molecular complexity index is 911. The maximum atomic E-state index is 12.5. The van der Waals surface area contributed by atoms with Crippen LogP contribution in [0.5, 0.6) is 5.75 Å². The highest BCUT2D eigenvalue weighted by atomic mass is 79.9. The van der Waals surface area contributed by atoms with E-state index >= 15 is 0 Å². The predicted molar refractivity (Wildman–Crippen MR) is 113 cm³/mol. The van der Waals surface area contributed by atoms with Gasteiger partial charge in [-0.25, -0.2) is 9.79 Å². The zero-order valence-electron chi connectivity index (χ0n) is 15.1. The fraction of sp³-hybridized carbons (Fsp3) is 0.333. The molecule has 0 bridgehead atoms. The molecular weight excluding hydrogens is 426 g/mol. The number of halogens is 1. The zero-order valence-corrected chi connectivity index (χ0v) is 17.5. The van der Waals surface area contributed by atoms with Crippen LogP contribution in [0, 0.1) is 12.3 Å². The van der Waals surface area contributed by atoms with Crippen LogP contribution in [0.1, 0.15) is 46.1 Å². The lowest BCUT2D eigenvalue weighted by molar-refractivity contribution is 0.0526. The SMILES string of the molecule is C#CCOc1ccc(Br)cc1C=Nc1sc2c(c1C(=O)OCC)CCCC2. The minimum Gasteiger partial charge on any atom is -0.480 e. The Morgan fingerprint density at radius 2 is 2.22 bits per heavy atom. The van der Waals surface area contributed by atoms with Gasteiger partial charge in [-0.1, -0.05) is 21.9 Å². The monoisotopic (exact) mass is 445 g/mol. The Kier molecular flexibility index (Phi) is 6.70. The second-order valence-electron chi connectivity index (χ2n) is 6.04. The van der Waals surface area contributed by atoms with E-state index in [1.165, 1.54) is 4.88 Å². The van der Waals surface area contributed by atoms with Gasteiger partial charge in [0.2, 0.25) is 0 Å². The highest BCUT2D eigenvalue weighted by Crippen LogP contribution is 2.40. The molecule has 0 saturated heterocycles. The van der Waals surface area contributed by atoms with E-state index in [1.807, 2.05) is 25.1 Å². The number of carbonyl (C=O) groups is 1. The number of terminal acetylenes is 1. The largest absolute Gasteiger partial charge is 0.480 e. The summed E-state index contributed by atoms with van der Waals surface area (Å²) in [6.07, 6.45) is 11.2. The first-order valence-corrected chi connectivity index (χ1v) is 10.5. The second kappa shape index (κ2) is 9.20. The van der Waals surface area contributed by atoms with Crippen LogP contribution in [0.15, 0.2) is 27.7 Å². The molecule has 1 aliphatic rings.